The second-order valence-electron chi connectivity index (χ2n) is 2.50. The van der Waals surface area contributed by atoms with Crippen molar-refractivity contribution in [1.29, 1.82) is 0 Å². The van der Waals surface area contributed by atoms with E-state index in [2.05, 4.69) is 10.2 Å². The summed E-state index contributed by atoms with van der Waals surface area (Å²) in [6.07, 6.45) is 6.55. The first-order valence-electron chi connectivity index (χ1n) is 3.83. The number of azo groups is 1. The van der Waals surface area contributed by atoms with Crippen LogP contribution in [0.25, 0.3) is 0 Å². The highest BCUT2D eigenvalue weighted by Gasteiger charge is 1.92. The maximum Gasteiger partial charge on any atom is 0.0598 e. The van der Waals surface area contributed by atoms with E-state index in [4.69, 9.17) is 0 Å². The van der Waals surface area contributed by atoms with Gasteiger partial charge in [-0.05, 0) is 12.8 Å². The Kier molecular flexibility index (Phi) is 3.34. The van der Waals surface area contributed by atoms with Crippen molar-refractivity contribution in [2.45, 2.75) is 32.1 Å². The van der Waals surface area contributed by atoms with Crippen LogP contribution in [-0.2, 0) is 0 Å². The maximum absolute atomic E-state index is 4.02. The molecule has 0 N–H and O–H groups in total. The largest absolute Gasteiger partial charge is 0.194 e. The van der Waals surface area contributed by atoms with Crippen molar-refractivity contribution in [3.63, 3.8) is 0 Å². The second kappa shape index (κ2) is 4.48. The lowest BCUT2D eigenvalue weighted by Crippen LogP contribution is -1.79. The number of hydrogen-bond acceptors (Lipinski definition) is 2. The molecule has 0 aliphatic carbocycles. The maximum atomic E-state index is 4.02. The van der Waals surface area contributed by atoms with Crippen molar-refractivity contribution in [1.82, 2.24) is 0 Å². The van der Waals surface area contributed by atoms with Gasteiger partial charge in [0.2, 0.25) is 0 Å². The Balaban J connectivity index is 2.15. The molecule has 1 rings (SSSR count). The van der Waals surface area contributed by atoms with E-state index in [1.54, 1.807) is 0 Å². The monoisotopic (exact) mass is 126 g/mol. The molecular weight excluding hydrogens is 112 g/mol. The molecule has 0 aromatic rings. The molecule has 0 saturated heterocycles. The Bertz CT molecular complexity index is 78.9. The van der Waals surface area contributed by atoms with E-state index in [1.807, 2.05) is 0 Å². The fourth-order valence-corrected chi connectivity index (χ4v) is 1.04. The molecule has 0 amide bonds. The zero-order valence-corrected chi connectivity index (χ0v) is 5.84. The quantitative estimate of drug-likeness (QED) is 0.476. The van der Waals surface area contributed by atoms with Crippen LogP contribution < -0.4 is 0 Å². The van der Waals surface area contributed by atoms with E-state index < -0.39 is 0 Å². The smallest absolute Gasteiger partial charge is 0.0598 e. The lowest BCUT2D eigenvalue weighted by atomic mass is 10.1. The van der Waals surface area contributed by atoms with E-state index in [-0.39, 0.29) is 0 Å². The van der Waals surface area contributed by atoms with Gasteiger partial charge in [0, 0.05) is 0 Å². The highest BCUT2D eigenvalue weighted by atomic mass is 15.1. The molecule has 0 saturated carbocycles. The molecule has 0 radical (unpaired) electrons. The molecule has 0 spiro atoms. The molecule has 0 unspecified atom stereocenters. The third-order valence-corrected chi connectivity index (χ3v) is 1.62. The van der Waals surface area contributed by atoms with Crippen LogP contribution in [0.1, 0.15) is 32.1 Å². The normalized spacial score (nSPS) is 25.8. The van der Waals surface area contributed by atoms with Crippen molar-refractivity contribution in [3.05, 3.63) is 0 Å². The molecule has 0 fully saturated rings. The van der Waals surface area contributed by atoms with Crippen LogP contribution in [0.2, 0.25) is 0 Å². The SMILES string of the molecule is C1CCC/N=N/CCC1. The summed E-state index contributed by atoms with van der Waals surface area (Å²) in [4.78, 5) is 0. The van der Waals surface area contributed by atoms with Crippen LogP contribution in [0, 0.1) is 0 Å². The van der Waals surface area contributed by atoms with Gasteiger partial charge in [0.15, 0.2) is 0 Å². The first-order valence-corrected chi connectivity index (χ1v) is 3.83. The molecule has 2 heteroatoms. The minimum absolute atomic E-state index is 0.958. The van der Waals surface area contributed by atoms with E-state index >= 15 is 0 Å². The van der Waals surface area contributed by atoms with Crippen LogP contribution in [0.5, 0.6) is 0 Å². The molecule has 0 aromatic carbocycles. The number of rotatable bonds is 0. The van der Waals surface area contributed by atoms with Gasteiger partial charge in [-0.25, -0.2) is 0 Å². The first kappa shape index (κ1) is 6.72. The number of hydrogen-bond donors (Lipinski definition) is 0. The molecule has 1 heterocycles. The van der Waals surface area contributed by atoms with E-state index in [0.717, 1.165) is 13.1 Å². The zero-order chi connectivity index (χ0) is 6.36. The highest BCUT2D eigenvalue weighted by Crippen LogP contribution is 2.05. The van der Waals surface area contributed by atoms with Crippen molar-refractivity contribution < 1.29 is 0 Å². The molecular formula is C7H14N2. The van der Waals surface area contributed by atoms with Gasteiger partial charge in [-0.15, -0.1) is 0 Å². The minimum Gasteiger partial charge on any atom is -0.194 e. The van der Waals surface area contributed by atoms with Gasteiger partial charge < -0.3 is 0 Å². The predicted octanol–water partition coefficient (Wildman–Crippen LogP) is 2.40. The third kappa shape index (κ3) is 3.22. The van der Waals surface area contributed by atoms with E-state index in [0.29, 0.717) is 0 Å². The van der Waals surface area contributed by atoms with Crippen LogP contribution >= 0.6 is 0 Å². The third-order valence-electron chi connectivity index (χ3n) is 1.62. The van der Waals surface area contributed by atoms with Gasteiger partial charge in [-0.3, -0.25) is 0 Å². The van der Waals surface area contributed by atoms with Crippen LogP contribution in [0.4, 0.5) is 0 Å². The van der Waals surface area contributed by atoms with Crippen LogP contribution in [-0.4, -0.2) is 13.1 Å². The fraction of sp³-hybridized carbons (Fsp3) is 1.00. The Morgan fingerprint density at radius 1 is 0.556 bits per heavy atom. The summed E-state index contributed by atoms with van der Waals surface area (Å²) in [5.41, 5.74) is 0. The predicted molar refractivity (Wildman–Crippen MR) is 37.7 cm³/mol. The van der Waals surface area contributed by atoms with Gasteiger partial charge in [0.1, 0.15) is 0 Å². The molecule has 1 aliphatic rings. The molecule has 2 nitrogen and oxygen atoms in total. The van der Waals surface area contributed by atoms with Gasteiger partial charge in [0.25, 0.3) is 0 Å². The van der Waals surface area contributed by atoms with Gasteiger partial charge in [-0.1, -0.05) is 19.3 Å². The summed E-state index contributed by atoms with van der Waals surface area (Å²) in [7, 11) is 0. The average Bonchev–Trinajstić information content (AvgIpc) is 2.00. The average molecular weight is 126 g/mol. The van der Waals surface area contributed by atoms with Crippen molar-refractivity contribution in [3.8, 4) is 0 Å². The van der Waals surface area contributed by atoms with Crippen molar-refractivity contribution in [2.24, 2.45) is 10.2 Å². The summed E-state index contributed by atoms with van der Waals surface area (Å²) in [5, 5.41) is 8.03. The van der Waals surface area contributed by atoms with Crippen molar-refractivity contribution in [2.75, 3.05) is 13.1 Å². The molecule has 0 aromatic heterocycles. The Hall–Kier alpha value is -0.400. The molecule has 0 atom stereocenters. The van der Waals surface area contributed by atoms with Crippen molar-refractivity contribution >= 4 is 0 Å². The Labute approximate surface area is 56.4 Å². The van der Waals surface area contributed by atoms with E-state index in [1.165, 1.54) is 32.1 Å². The molecule has 9 heavy (non-hydrogen) atoms. The Morgan fingerprint density at radius 2 is 1.00 bits per heavy atom. The zero-order valence-electron chi connectivity index (χ0n) is 5.84. The minimum atomic E-state index is 0.958. The lowest BCUT2D eigenvalue weighted by Gasteiger charge is -1.92. The standard InChI is InChI=1S/C7H14N2/c1-2-4-6-8-9-7-5-3-1/h1-7H2/b9-8+. The second-order valence-corrected chi connectivity index (χ2v) is 2.50. The summed E-state index contributed by atoms with van der Waals surface area (Å²) in [5.74, 6) is 0. The summed E-state index contributed by atoms with van der Waals surface area (Å²) in [6.45, 7) is 1.92. The molecule has 0 bridgehead atoms. The van der Waals surface area contributed by atoms with Crippen LogP contribution in [0.3, 0.4) is 0 Å². The molecule has 52 valence electrons. The summed E-state index contributed by atoms with van der Waals surface area (Å²) in [6, 6.07) is 0. The fourth-order valence-electron chi connectivity index (χ4n) is 1.04. The summed E-state index contributed by atoms with van der Waals surface area (Å²) < 4.78 is 0. The van der Waals surface area contributed by atoms with Gasteiger partial charge in [0.05, 0.1) is 13.1 Å². The molecule has 1 aliphatic heterocycles. The Morgan fingerprint density at radius 3 is 1.56 bits per heavy atom. The lowest BCUT2D eigenvalue weighted by molar-refractivity contribution is 0.644. The summed E-state index contributed by atoms with van der Waals surface area (Å²) >= 11 is 0. The van der Waals surface area contributed by atoms with Gasteiger partial charge in [-0.2, -0.15) is 10.2 Å². The van der Waals surface area contributed by atoms with Crippen LogP contribution in [0.15, 0.2) is 10.2 Å². The topological polar surface area (TPSA) is 24.7 Å². The number of nitrogens with zero attached hydrogens (tertiary/aromatic N) is 2. The first-order chi connectivity index (χ1) is 4.50. The van der Waals surface area contributed by atoms with E-state index in [9.17, 15) is 0 Å². The van der Waals surface area contributed by atoms with Gasteiger partial charge >= 0.3 is 0 Å². The highest BCUT2D eigenvalue weighted by molar-refractivity contribution is 4.50.